The van der Waals surface area contributed by atoms with Crippen LogP contribution in [0.2, 0.25) is 0 Å². The second-order valence-electron chi connectivity index (χ2n) is 3.66. The topological polar surface area (TPSA) is 58.2 Å². The van der Waals surface area contributed by atoms with Gasteiger partial charge >= 0.3 is 6.03 Å². The average Bonchev–Trinajstić information content (AvgIpc) is 2.46. The first-order valence-electron chi connectivity index (χ1n) is 4.52. The summed E-state index contributed by atoms with van der Waals surface area (Å²) >= 11 is 0. The molecule has 0 aromatic heterocycles. The van der Waals surface area contributed by atoms with Crippen LogP contribution in [0, 0.1) is 11.6 Å². The quantitative estimate of drug-likeness (QED) is 0.702. The number of hydrogen-bond acceptors (Lipinski definition) is 2. The van der Waals surface area contributed by atoms with E-state index in [1.807, 2.05) is 5.32 Å². The number of carbonyl (C=O) groups is 2. The number of imide groups is 1. The molecule has 0 radical (unpaired) electrons. The van der Waals surface area contributed by atoms with E-state index in [1.54, 1.807) is 0 Å². The van der Waals surface area contributed by atoms with Crippen LogP contribution in [0.4, 0.5) is 13.6 Å². The lowest BCUT2D eigenvalue weighted by Crippen LogP contribution is -2.41. The van der Waals surface area contributed by atoms with Crippen molar-refractivity contribution in [2.45, 2.75) is 12.5 Å². The van der Waals surface area contributed by atoms with Crippen LogP contribution in [-0.4, -0.2) is 11.9 Å². The number of urea groups is 1. The van der Waals surface area contributed by atoms with Crippen LogP contribution in [0.5, 0.6) is 0 Å². The maximum absolute atomic E-state index is 13.5. The van der Waals surface area contributed by atoms with Crippen molar-refractivity contribution >= 4 is 11.9 Å². The van der Waals surface area contributed by atoms with Gasteiger partial charge in [0.2, 0.25) is 0 Å². The summed E-state index contributed by atoms with van der Waals surface area (Å²) in [5.74, 6) is -2.13. The second-order valence-corrected chi connectivity index (χ2v) is 3.66. The summed E-state index contributed by atoms with van der Waals surface area (Å²) in [6, 6.07) is 2.02. The van der Waals surface area contributed by atoms with Crippen LogP contribution in [0.1, 0.15) is 12.5 Å². The van der Waals surface area contributed by atoms with Crippen LogP contribution >= 0.6 is 0 Å². The number of rotatable bonds is 1. The van der Waals surface area contributed by atoms with Crippen LogP contribution in [-0.2, 0) is 10.3 Å². The molecule has 4 nitrogen and oxygen atoms in total. The maximum atomic E-state index is 13.5. The Morgan fingerprint density at radius 2 is 1.94 bits per heavy atom. The van der Waals surface area contributed by atoms with Gasteiger partial charge in [-0.15, -0.1) is 0 Å². The molecule has 16 heavy (non-hydrogen) atoms. The minimum absolute atomic E-state index is 0.198. The molecular weight excluding hydrogens is 218 g/mol. The molecule has 6 heteroatoms. The van der Waals surface area contributed by atoms with E-state index in [0.717, 1.165) is 18.2 Å². The first-order valence-corrected chi connectivity index (χ1v) is 4.52. The molecule has 1 aromatic carbocycles. The Morgan fingerprint density at radius 1 is 1.25 bits per heavy atom. The Bertz CT molecular complexity index is 490. The Morgan fingerprint density at radius 3 is 2.50 bits per heavy atom. The van der Waals surface area contributed by atoms with Crippen molar-refractivity contribution in [2.75, 3.05) is 0 Å². The summed E-state index contributed by atoms with van der Waals surface area (Å²) in [4.78, 5) is 22.5. The fraction of sp³-hybridized carbons (Fsp3) is 0.200. The van der Waals surface area contributed by atoms with Gasteiger partial charge in [0.15, 0.2) is 0 Å². The Kier molecular flexibility index (Phi) is 2.15. The van der Waals surface area contributed by atoms with Crippen LogP contribution in [0.15, 0.2) is 18.2 Å². The summed E-state index contributed by atoms with van der Waals surface area (Å²) in [6.07, 6.45) is 0. The van der Waals surface area contributed by atoms with Gasteiger partial charge in [-0.05, 0) is 25.1 Å². The molecule has 3 amide bonds. The molecule has 1 fully saturated rings. The Balaban J connectivity index is 2.55. The van der Waals surface area contributed by atoms with Crippen LogP contribution < -0.4 is 10.6 Å². The molecule has 1 unspecified atom stereocenters. The lowest BCUT2D eigenvalue weighted by atomic mass is 9.92. The van der Waals surface area contributed by atoms with Gasteiger partial charge in [-0.3, -0.25) is 10.1 Å². The molecule has 0 aliphatic carbocycles. The van der Waals surface area contributed by atoms with Crippen LogP contribution in [0.25, 0.3) is 0 Å². The molecule has 2 rings (SSSR count). The average molecular weight is 226 g/mol. The third-order valence-corrected chi connectivity index (χ3v) is 2.51. The van der Waals surface area contributed by atoms with Gasteiger partial charge in [0.1, 0.15) is 17.2 Å². The summed E-state index contributed by atoms with van der Waals surface area (Å²) in [5.41, 5.74) is -1.76. The van der Waals surface area contributed by atoms with Gasteiger partial charge in [-0.2, -0.15) is 0 Å². The predicted octanol–water partition coefficient (Wildman–Crippen LogP) is 1.02. The van der Waals surface area contributed by atoms with E-state index in [4.69, 9.17) is 0 Å². The molecule has 84 valence electrons. The molecule has 1 saturated heterocycles. The monoisotopic (exact) mass is 226 g/mol. The van der Waals surface area contributed by atoms with Gasteiger partial charge in [-0.1, -0.05) is 0 Å². The second kappa shape index (κ2) is 3.26. The maximum Gasteiger partial charge on any atom is 0.322 e. The van der Waals surface area contributed by atoms with E-state index in [2.05, 4.69) is 5.32 Å². The molecule has 2 N–H and O–H groups in total. The van der Waals surface area contributed by atoms with Crippen molar-refractivity contribution in [3.63, 3.8) is 0 Å². The minimum atomic E-state index is -1.57. The molecule has 1 aliphatic heterocycles. The Hall–Kier alpha value is -1.98. The molecule has 0 spiro atoms. The van der Waals surface area contributed by atoms with Crippen molar-refractivity contribution in [2.24, 2.45) is 0 Å². The zero-order valence-electron chi connectivity index (χ0n) is 8.30. The van der Waals surface area contributed by atoms with Crippen molar-refractivity contribution < 1.29 is 18.4 Å². The van der Waals surface area contributed by atoms with E-state index < -0.39 is 29.1 Å². The lowest BCUT2D eigenvalue weighted by Gasteiger charge is -2.21. The molecule has 1 aliphatic rings. The van der Waals surface area contributed by atoms with Crippen LogP contribution in [0.3, 0.4) is 0 Å². The summed E-state index contributed by atoms with van der Waals surface area (Å²) in [6.45, 7) is 1.31. The highest BCUT2D eigenvalue weighted by Crippen LogP contribution is 2.27. The number of carbonyl (C=O) groups excluding carboxylic acids is 2. The van der Waals surface area contributed by atoms with Gasteiger partial charge in [0.05, 0.1) is 0 Å². The van der Waals surface area contributed by atoms with E-state index in [0.29, 0.717) is 0 Å². The molecule has 1 atom stereocenters. The number of halogens is 2. The zero-order valence-corrected chi connectivity index (χ0v) is 8.30. The van der Waals surface area contributed by atoms with E-state index in [1.165, 1.54) is 6.92 Å². The zero-order chi connectivity index (χ0) is 11.9. The standard InChI is InChI=1S/C10H8F2N2O2/c1-10(8(15)13-9(16)14-10)6-4-5(11)2-3-7(6)12/h2-4H,1H3,(H2,13,14,15,16). The third kappa shape index (κ3) is 1.42. The van der Waals surface area contributed by atoms with E-state index in [9.17, 15) is 18.4 Å². The highest BCUT2D eigenvalue weighted by Gasteiger charge is 2.45. The van der Waals surface area contributed by atoms with Gasteiger partial charge < -0.3 is 5.32 Å². The van der Waals surface area contributed by atoms with Crippen molar-refractivity contribution in [3.8, 4) is 0 Å². The fourth-order valence-corrected chi connectivity index (χ4v) is 1.61. The largest absolute Gasteiger partial charge is 0.322 e. The van der Waals surface area contributed by atoms with Crippen molar-refractivity contribution in [1.29, 1.82) is 0 Å². The van der Waals surface area contributed by atoms with Crippen molar-refractivity contribution in [1.82, 2.24) is 10.6 Å². The molecule has 1 aromatic rings. The fourth-order valence-electron chi connectivity index (χ4n) is 1.61. The number of benzene rings is 1. The first kappa shape index (κ1) is 10.5. The highest BCUT2D eigenvalue weighted by molar-refractivity contribution is 6.07. The lowest BCUT2D eigenvalue weighted by molar-refractivity contribution is -0.123. The number of amides is 3. The summed E-state index contributed by atoms with van der Waals surface area (Å²) in [7, 11) is 0. The van der Waals surface area contributed by atoms with E-state index in [-0.39, 0.29) is 5.56 Å². The van der Waals surface area contributed by atoms with Gasteiger partial charge in [0, 0.05) is 5.56 Å². The molecule has 0 bridgehead atoms. The van der Waals surface area contributed by atoms with E-state index >= 15 is 0 Å². The normalized spacial score (nSPS) is 24.2. The van der Waals surface area contributed by atoms with Gasteiger partial charge in [-0.25, -0.2) is 13.6 Å². The minimum Gasteiger partial charge on any atom is -0.319 e. The SMILES string of the molecule is CC1(c2cc(F)ccc2F)NC(=O)NC1=O. The third-order valence-electron chi connectivity index (χ3n) is 2.51. The molecule has 1 heterocycles. The number of nitrogens with one attached hydrogen (secondary N) is 2. The van der Waals surface area contributed by atoms with Crippen molar-refractivity contribution in [3.05, 3.63) is 35.4 Å². The summed E-state index contributed by atoms with van der Waals surface area (Å²) in [5, 5.41) is 4.23. The predicted molar refractivity (Wildman–Crippen MR) is 50.4 cm³/mol. The summed E-state index contributed by atoms with van der Waals surface area (Å²) < 4.78 is 26.5. The Labute approximate surface area is 89.6 Å². The highest BCUT2D eigenvalue weighted by atomic mass is 19.1. The molecular formula is C10H8F2N2O2. The first-order chi connectivity index (χ1) is 7.43. The molecule has 0 saturated carbocycles. The smallest absolute Gasteiger partial charge is 0.319 e. The van der Waals surface area contributed by atoms with Gasteiger partial charge in [0.25, 0.3) is 5.91 Å². The number of hydrogen-bond donors (Lipinski definition) is 2.